The summed E-state index contributed by atoms with van der Waals surface area (Å²) in [5.41, 5.74) is 1.16. The molecule has 8 heteroatoms. The largest absolute Gasteiger partial charge is 0.496 e. The number of fused-ring (bicyclic) bond motifs is 1. The van der Waals surface area contributed by atoms with Gasteiger partial charge in [0.1, 0.15) is 5.58 Å². The van der Waals surface area contributed by atoms with Crippen molar-refractivity contribution in [3.05, 3.63) is 23.5 Å². The molecule has 0 unspecified atom stereocenters. The number of anilines is 1. The monoisotopic (exact) mass is 372 g/mol. The summed E-state index contributed by atoms with van der Waals surface area (Å²) in [5, 5.41) is 6.23. The average Bonchev–Trinajstić information content (AvgIpc) is 3.06. The van der Waals surface area contributed by atoms with Crippen LogP contribution in [0.2, 0.25) is 0 Å². The Kier molecular flexibility index (Phi) is 4.60. The van der Waals surface area contributed by atoms with E-state index in [1.807, 2.05) is 27.7 Å². The molecule has 0 bridgehead atoms. The Bertz CT molecular complexity index is 916. The van der Waals surface area contributed by atoms with Crippen LogP contribution >= 0.6 is 0 Å². The van der Waals surface area contributed by atoms with Gasteiger partial charge in [-0.25, -0.2) is 0 Å². The zero-order valence-electron chi connectivity index (χ0n) is 16.8. The van der Waals surface area contributed by atoms with E-state index in [0.717, 1.165) is 11.2 Å². The first kappa shape index (κ1) is 19.4. The SMILES string of the molecule is CNC(=O)c1c(C(C)=O)oc2cc(NC)c(B3OC(C)(C)C(C)(C)O3)cc12. The molecule has 0 atom stereocenters. The first-order valence-electron chi connectivity index (χ1n) is 8.89. The summed E-state index contributed by atoms with van der Waals surface area (Å²) in [7, 11) is 2.68. The maximum Gasteiger partial charge on any atom is 0.496 e. The average molecular weight is 372 g/mol. The molecule has 1 fully saturated rings. The lowest BCUT2D eigenvalue weighted by Gasteiger charge is -2.32. The van der Waals surface area contributed by atoms with Crippen LogP contribution in [0, 0.1) is 0 Å². The lowest BCUT2D eigenvalue weighted by molar-refractivity contribution is 0.00578. The van der Waals surface area contributed by atoms with Gasteiger partial charge >= 0.3 is 7.12 Å². The fourth-order valence-corrected chi connectivity index (χ4v) is 3.14. The van der Waals surface area contributed by atoms with Gasteiger partial charge in [0.25, 0.3) is 5.91 Å². The summed E-state index contributed by atoms with van der Waals surface area (Å²) in [6, 6.07) is 3.55. The summed E-state index contributed by atoms with van der Waals surface area (Å²) in [6.45, 7) is 9.29. The highest BCUT2D eigenvalue weighted by molar-refractivity contribution is 6.64. The van der Waals surface area contributed by atoms with Gasteiger partial charge in [-0.1, -0.05) is 0 Å². The summed E-state index contributed by atoms with van der Waals surface area (Å²) >= 11 is 0. The Labute approximate surface area is 158 Å². The Morgan fingerprint density at radius 3 is 2.11 bits per heavy atom. The molecule has 1 aliphatic rings. The van der Waals surface area contributed by atoms with Crippen LogP contribution < -0.4 is 16.1 Å². The van der Waals surface area contributed by atoms with Crippen LogP contribution in [-0.2, 0) is 9.31 Å². The van der Waals surface area contributed by atoms with E-state index in [-0.39, 0.29) is 23.0 Å². The van der Waals surface area contributed by atoms with Crippen LogP contribution in [0.25, 0.3) is 11.0 Å². The molecule has 2 heterocycles. The number of hydrogen-bond acceptors (Lipinski definition) is 6. The molecule has 27 heavy (non-hydrogen) atoms. The Morgan fingerprint density at radius 1 is 1.04 bits per heavy atom. The molecule has 1 saturated heterocycles. The number of furan rings is 1. The summed E-state index contributed by atoms with van der Waals surface area (Å²) in [4.78, 5) is 24.4. The molecule has 0 saturated carbocycles. The van der Waals surface area contributed by atoms with Gasteiger partial charge in [-0.15, -0.1) is 0 Å². The van der Waals surface area contributed by atoms with E-state index in [1.54, 1.807) is 19.2 Å². The minimum absolute atomic E-state index is 0.0393. The van der Waals surface area contributed by atoms with Crippen molar-refractivity contribution in [3.8, 4) is 0 Å². The van der Waals surface area contributed by atoms with Crippen molar-refractivity contribution < 1.29 is 23.3 Å². The molecule has 1 aromatic carbocycles. The number of nitrogens with one attached hydrogen (secondary N) is 2. The Morgan fingerprint density at radius 2 is 1.63 bits per heavy atom. The highest BCUT2D eigenvalue weighted by Crippen LogP contribution is 2.38. The van der Waals surface area contributed by atoms with Crippen LogP contribution in [0.15, 0.2) is 16.5 Å². The van der Waals surface area contributed by atoms with E-state index in [1.165, 1.54) is 14.0 Å². The van der Waals surface area contributed by atoms with Crippen molar-refractivity contribution in [1.82, 2.24) is 5.32 Å². The van der Waals surface area contributed by atoms with Gasteiger partial charge in [0.05, 0.1) is 16.8 Å². The molecule has 7 nitrogen and oxygen atoms in total. The molecule has 3 rings (SSSR count). The number of Topliss-reactive ketones (excluding diaryl/α,β-unsaturated/α-hetero) is 1. The fourth-order valence-electron chi connectivity index (χ4n) is 3.14. The third kappa shape index (κ3) is 3.02. The van der Waals surface area contributed by atoms with Crippen LogP contribution in [0.3, 0.4) is 0 Å². The zero-order valence-corrected chi connectivity index (χ0v) is 16.8. The molecular weight excluding hydrogens is 347 g/mol. The van der Waals surface area contributed by atoms with E-state index >= 15 is 0 Å². The van der Waals surface area contributed by atoms with Crippen molar-refractivity contribution in [3.63, 3.8) is 0 Å². The van der Waals surface area contributed by atoms with Gasteiger partial charge in [-0.05, 0) is 33.8 Å². The number of carbonyl (C=O) groups is 2. The van der Waals surface area contributed by atoms with Crippen molar-refractivity contribution in [2.45, 2.75) is 45.8 Å². The smallest absolute Gasteiger partial charge is 0.452 e. The molecule has 144 valence electrons. The zero-order chi connectivity index (χ0) is 20.1. The molecular formula is C19H25BN2O5. The topological polar surface area (TPSA) is 89.8 Å². The van der Waals surface area contributed by atoms with Gasteiger partial charge in [-0.3, -0.25) is 9.59 Å². The second kappa shape index (κ2) is 6.39. The van der Waals surface area contributed by atoms with E-state index in [9.17, 15) is 9.59 Å². The van der Waals surface area contributed by atoms with Crippen LogP contribution in [0.5, 0.6) is 0 Å². The number of benzene rings is 1. The van der Waals surface area contributed by atoms with Gasteiger partial charge in [0.15, 0.2) is 11.5 Å². The van der Waals surface area contributed by atoms with Gasteiger partial charge < -0.3 is 24.4 Å². The maximum absolute atomic E-state index is 12.4. The maximum atomic E-state index is 12.4. The van der Waals surface area contributed by atoms with E-state index in [2.05, 4.69) is 10.6 Å². The lowest BCUT2D eigenvalue weighted by atomic mass is 9.77. The number of hydrogen-bond donors (Lipinski definition) is 2. The summed E-state index contributed by atoms with van der Waals surface area (Å²) in [6.07, 6.45) is 0. The molecule has 0 radical (unpaired) electrons. The van der Waals surface area contributed by atoms with Gasteiger partial charge in [-0.2, -0.15) is 0 Å². The molecule has 2 aromatic rings. The van der Waals surface area contributed by atoms with Crippen molar-refractivity contribution >= 4 is 40.9 Å². The van der Waals surface area contributed by atoms with Crippen LogP contribution in [0.4, 0.5) is 5.69 Å². The molecule has 1 amide bonds. The summed E-state index contributed by atoms with van der Waals surface area (Å²) in [5.74, 6) is -0.651. The molecule has 0 aliphatic carbocycles. The van der Waals surface area contributed by atoms with Crippen molar-refractivity contribution in [2.75, 3.05) is 19.4 Å². The third-order valence-electron chi connectivity index (χ3n) is 5.41. The standard InChI is InChI=1S/C19H25BN2O5/c1-10(23)16-15(17(24)22-7)11-8-12(13(21-6)9-14(11)25-16)20-26-18(2,3)19(4,5)27-20/h8-9,21H,1-7H3,(H,22,24). The molecule has 2 N–H and O–H groups in total. The quantitative estimate of drug-likeness (QED) is 0.633. The number of carbonyl (C=O) groups excluding carboxylic acids is 2. The lowest BCUT2D eigenvalue weighted by Crippen LogP contribution is -2.41. The van der Waals surface area contributed by atoms with Gasteiger partial charge in [0, 0.05) is 43.6 Å². The van der Waals surface area contributed by atoms with E-state index < -0.39 is 18.3 Å². The number of rotatable bonds is 4. The van der Waals surface area contributed by atoms with E-state index in [0.29, 0.717) is 11.0 Å². The van der Waals surface area contributed by atoms with Crippen molar-refractivity contribution in [2.24, 2.45) is 0 Å². The Balaban J connectivity index is 2.22. The van der Waals surface area contributed by atoms with Crippen LogP contribution in [0.1, 0.15) is 55.5 Å². The second-order valence-electron chi connectivity index (χ2n) is 7.72. The fraction of sp³-hybridized carbons (Fsp3) is 0.474. The first-order valence-corrected chi connectivity index (χ1v) is 8.89. The van der Waals surface area contributed by atoms with Gasteiger partial charge in [0.2, 0.25) is 0 Å². The minimum atomic E-state index is -0.616. The normalized spacial score (nSPS) is 18.0. The first-order chi connectivity index (χ1) is 12.5. The Hall–Kier alpha value is -2.32. The second-order valence-corrected chi connectivity index (χ2v) is 7.72. The number of amides is 1. The molecule has 1 aliphatic heterocycles. The highest BCUT2D eigenvalue weighted by atomic mass is 16.7. The predicted octanol–water partition coefficient (Wildman–Crippen LogP) is 2.34. The highest BCUT2D eigenvalue weighted by Gasteiger charge is 2.52. The molecule has 1 aromatic heterocycles. The van der Waals surface area contributed by atoms with E-state index in [4.69, 9.17) is 13.7 Å². The van der Waals surface area contributed by atoms with Crippen LogP contribution in [-0.4, -0.2) is 44.1 Å². The predicted molar refractivity (Wildman–Crippen MR) is 105 cm³/mol. The third-order valence-corrected chi connectivity index (χ3v) is 5.41. The van der Waals surface area contributed by atoms with Crippen molar-refractivity contribution in [1.29, 1.82) is 0 Å². The number of ketones is 1. The molecule has 0 spiro atoms. The minimum Gasteiger partial charge on any atom is -0.452 e. The summed E-state index contributed by atoms with van der Waals surface area (Å²) < 4.78 is 18.0.